The van der Waals surface area contributed by atoms with Crippen LogP contribution in [0, 0.1) is 5.41 Å². The highest BCUT2D eigenvalue weighted by Crippen LogP contribution is 2.27. The lowest BCUT2D eigenvalue weighted by Gasteiger charge is -2.24. The number of ether oxygens (including phenoxy) is 3. The summed E-state index contributed by atoms with van der Waals surface area (Å²) in [4.78, 5) is 38.4. The number of ketones is 1. The first-order chi connectivity index (χ1) is 14.7. The van der Waals surface area contributed by atoms with Crippen LogP contribution < -0.4 is 10.2 Å². The zero-order valence-corrected chi connectivity index (χ0v) is 18.5. The van der Waals surface area contributed by atoms with Gasteiger partial charge in [0.15, 0.2) is 23.5 Å². The van der Waals surface area contributed by atoms with Gasteiger partial charge in [0.2, 0.25) is 5.43 Å². The number of methoxy groups -OCH3 is 2. The third kappa shape index (κ3) is 5.59. The molecule has 0 saturated carbocycles. The number of carbonyl (C=O) groups excluding carboxylic acids is 1. The molecule has 2 aromatic rings. The molecule has 0 spiro atoms. The van der Waals surface area contributed by atoms with Crippen molar-refractivity contribution in [1.29, 1.82) is 0 Å². The van der Waals surface area contributed by atoms with E-state index in [0.717, 1.165) is 5.56 Å². The molecule has 168 valence electrons. The van der Waals surface area contributed by atoms with Crippen LogP contribution in [0.15, 0.2) is 41.3 Å². The van der Waals surface area contributed by atoms with Gasteiger partial charge in [-0.15, -0.1) is 0 Å². The highest BCUT2D eigenvalue weighted by atomic mass is 16.7. The van der Waals surface area contributed by atoms with Crippen LogP contribution in [0.1, 0.15) is 53.6 Å². The second kappa shape index (κ2) is 10.4. The Hall–Kier alpha value is -2.97. The molecule has 0 fully saturated rings. The number of aromatic nitrogens is 1. The lowest BCUT2D eigenvalue weighted by molar-refractivity contribution is -0.111. The molecule has 8 nitrogen and oxygen atoms in total. The summed E-state index contributed by atoms with van der Waals surface area (Å²) in [5, 5.41) is 9.86. The first-order valence-corrected chi connectivity index (χ1v) is 9.94. The number of rotatable bonds is 11. The van der Waals surface area contributed by atoms with Gasteiger partial charge in [0.25, 0.3) is 0 Å². The third-order valence-corrected chi connectivity index (χ3v) is 5.28. The van der Waals surface area contributed by atoms with Gasteiger partial charge in [-0.25, -0.2) is 4.79 Å². The Morgan fingerprint density at radius 1 is 1.13 bits per heavy atom. The van der Waals surface area contributed by atoms with Crippen molar-refractivity contribution in [2.45, 2.75) is 46.6 Å². The fourth-order valence-corrected chi connectivity index (χ4v) is 2.96. The van der Waals surface area contributed by atoms with Gasteiger partial charge in [0, 0.05) is 25.8 Å². The van der Waals surface area contributed by atoms with Gasteiger partial charge in [-0.3, -0.25) is 9.59 Å². The molecular weight excluding hydrogens is 402 g/mol. The first-order valence-electron chi connectivity index (χ1n) is 9.94. The average molecular weight is 431 g/mol. The van der Waals surface area contributed by atoms with Gasteiger partial charge >= 0.3 is 5.97 Å². The number of hydrogen-bond donors (Lipinski definition) is 1. The van der Waals surface area contributed by atoms with E-state index in [1.54, 1.807) is 38.1 Å². The highest BCUT2D eigenvalue weighted by molar-refractivity contribution is 6.01. The summed E-state index contributed by atoms with van der Waals surface area (Å²) in [5.41, 5.74) is -1.30. The molecule has 0 aliphatic heterocycles. The van der Waals surface area contributed by atoms with Crippen LogP contribution in [0.25, 0.3) is 0 Å². The maximum atomic E-state index is 13.2. The maximum Gasteiger partial charge on any atom is 0.356 e. The van der Waals surface area contributed by atoms with Gasteiger partial charge in [0.1, 0.15) is 6.61 Å². The Kier molecular flexibility index (Phi) is 8.13. The van der Waals surface area contributed by atoms with Crippen molar-refractivity contribution in [3.8, 4) is 5.75 Å². The normalized spacial score (nSPS) is 11.5. The Morgan fingerprint density at radius 3 is 2.26 bits per heavy atom. The molecule has 0 atom stereocenters. The molecule has 0 aliphatic rings. The molecule has 1 heterocycles. The number of aromatic carboxylic acids is 1. The summed E-state index contributed by atoms with van der Waals surface area (Å²) in [6.45, 7) is 5.25. The van der Waals surface area contributed by atoms with Crippen molar-refractivity contribution in [3.63, 3.8) is 0 Å². The van der Waals surface area contributed by atoms with E-state index in [-0.39, 0.29) is 35.9 Å². The predicted octanol–water partition coefficient (Wildman–Crippen LogP) is 3.36. The lowest BCUT2D eigenvalue weighted by Crippen LogP contribution is -2.33. The molecule has 1 N–H and O–H groups in total. The number of pyridine rings is 1. The summed E-state index contributed by atoms with van der Waals surface area (Å²) in [5.74, 6) is -2.14. The van der Waals surface area contributed by atoms with Crippen LogP contribution in [0.4, 0.5) is 0 Å². The van der Waals surface area contributed by atoms with E-state index < -0.39 is 23.1 Å². The van der Waals surface area contributed by atoms with Crippen molar-refractivity contribution < 1.29 is 28.9 Å². The lowest BCUT2D eigenvalue weighted by atomic mass is 9.82. The number of hydrogen-bond acceptors (Lipinski definition) is 6. The van der Waals surface area contributed by atoms with Crippen LogP contribution in [-0.2, 0) is 22.6 Å². The smallest absolute Gasteiger partial charge is 0.356 e. The van der Waals surface area contributed by atoms with Gasteiger partial charge in [-0.2, -0.15) is 0 Å². The van der Waals surface area contributed by atoms with Crippen LogP contribution in [0.3, 0.4) is 0 Å². The van der Waals surface area contributed by atoms with Gasteiger partial charge < -0.3 is 23.9 Å². The van der Waals surface area contributed by atoms with Crippen molar-refractivity contribution >= 4 is 11.8 Å². The number of nitrogens with zero attached hydrogens (tertiary/aromatic N) is 1. The molecule has 0 unspecified atom stereocenters. The minimum Gasteiger partial charge on any atom is -0.482 e. The van der Waals surface area contributed by atoms with E-state index in [2.05, 4.69) is 0 Å². The van der Waals surface area contributed by atoms with Crippen molar-refractivity contribution in [3.05, 3.63) is 63.6 Å². The molecule has 2 rings (SSSR count). The molecule has 0 saturated heterocycles. The van der Waals surface area contributed by atoms with E-state index in [1.165, 1.54) is 25.0 Å². The summed E-state index contributed by atoms with van der Waals surface area (Å²) in [6.07, 6.45) is 0.973. The van der Waals surface area contributed by atoms with E-state index >= 15 is 0 Å². The van der Waals surface area contributed by atoms with Crippen molar-refractivity contribution in [2.24, 2.45) is 5.41 Å². The second-order valence-electron chi connectivity index (χ2n) is 7.75. The molecule has 0 bridgehead atoms. The summed E-state index contributed by atoms with van der Waals surface area (Å²) in [6, 6.07) is 9.03. The molecule has 8 heteroatoms. The fourth-order valence-electron chi connectivity index (χ4n) is 2.96. The van der Waals surface area contributed by atoms with Crippen LogP contribution in [0.5, 0.6) is 5.75 Å². The average Bonchev–Trinajstić information content (AvgIpc) is 2.76. The molecule has 0 amide bonds. The standard InChI is InChI=1S/C23H29NO7/c1-6-23(2,3)21(26)16-12-24(13-17(29-4)30-5)18(22(27)28)20(19(16)25)31-14-15-10-8-7-9-11-15/h7-12,17H,6,13-14H2,1-5H3,(H,27,28). The SMILES string of the molecule is CCC(C)(C)C(=O)c1cn(CC(OC)OC)c(C(=O)O)c(OCc2ccccc2)c1=O. The van der Waals surface area contributed by atoms with Crippen LogP contribution in [-0.4, -0.2) is 41.9 Å². The third-order valence-electron chi connectivity index (χ3n) is 5.28. The monoisotopic (exact) mass is 431 g/mol. The number of Topliss-reactive ketones (excluding diaryl/α,β-unsaturated/α-hetero) is 1. The predicted molar refractivity (Wildman–Crippen MR) is 115 cm³/mol. The topological polar surface area (TPSA) is 104 Å². The summed E-state index contributed by atoms with van der Waals surface area (Å²) >= 11 is 0. The highest BCUT2D eigenvalue weighted by Gasteiger charge is 2.33. The minimum absolute atomic E-state index is 0.0246. The quantitative estimate of drug-likeness (QED) is 0.430. The summed E-state index contributed by atoms with van der Waals surface area (Å²) < 4.78 is 17.3. The minimum atomic E-state index is -1.36. The van der Waals surface area contributed by atoms with Gasteiger partial charge in [-0.1, -0.05) is 51.1 Å². The zero-order chi connectivity index (χ0) is 23.2. The zero-order valence-electron chi connectivity index (χ0n) is 18.5. The number of carbonyl (C=O) groups is 2. The van der Waals surface area contributed by atoms with Gasteiger partial charge in [-0.05, 0) is 12.0 Å². The second-order valence-corrected chi connectivity index (χ2v) is 7.75. The molecule has 1 aromatic heterocycles. The molecule has 1 aromatic carbocycles. The van der Waals surface area contributed by atoms with Crippen LogP contribution in [0.2, 0.25) is 0 Å². The largest absolute Gasteiger partial charge is 0.482 e. The van der Waals surface area contributed by atoms with E-state index in [0.29, 0.717) is 6.42 Å². The Labute approximate surface area is 181 Å². The number of carboxylic acids is 1. The Morgan fingerprint density at radius 2 is 1.74 bits per heavy atom. The Bertz CT molecular complexity index is 975. The maximum absolute atomic E-state index is 13.2. The number of benzene rings is 1. The molecule has 31 heavy (non-hydrogen) atoms. The van der Waals surface area contributed by atoms with Crippen molar-refractivity contribution in [1.82, 2.24) is 4.57 Å². The van der Waals surface area contributed by atoms with Crippen LogP contribution >= 0.6 is 0 Å². The summed E-state index contributed by atoms with van der Waals surface area (Å²) in [7, 11) is 2.83. The van der Waals surface area contributed by atoms with E-state index in [4.69, 9.17) is 14.2 Å². The fraction of sp³-hybridized carbons (Fsp3) is 0.435. The van der Waals surface area contributed by atoms with Gasteiger partial charge in [0.05, 0.1) is 12.1 Å². The molecule has 0 aliphatic carbocycles. The van der Waals surface area contributed by atoms with Crippen molar-refractivity contribution in [2.75, 3.05) is 14.2 Å². The Balaban J connectivity index is 2.68. The van der Waals surface area contributed by atoms with E-state index in [1.807, 2.05) is 13.0 Å². The molecule has 0 radical (unpaired) electrons. The number of carboxylic acid groups (broad SMARTS) is 1. The molecular formula is C23H29NO7. The first kappa shape index (κ1) is 24.3. The van der Waals surface area contributed by atoms with E-state index in [9.17, 15) is 19.5 Å².